The van der Waals surface area contributed by atoms with Crippen molar-refractivity contribution < 1.29 is 27.0 Å². The van der Waals surface area contributed by atoms with Crippen LogP contribution in [0.5, 0.6) is 17.2 Å². The first kappa shape index (κ1) is 25.1. The minimum atomic E-state index is -5.04. The molecule has 0 spiro atoms. The van der Waals surface area contributed by atoms with E-state index >= 15 is 0 Å². The first-order chi connectivity index (χ1) is 17.6. The normalized spacial score (nSPS) is 11.1. The molecule has 0 aliphatic heterocycles. The summed E-state index contributed by atoms with van der Waals surface area (Å²) in [6, 6.07) is 12.1. The average molecular weight is 513 g/mol. The molecule has 2 heterocycles. The van der Waals surface area contributed by atoms with Gasteiger partial charge in [-0.05, 0) is 36.4 Å². The lowest BCUT2D eigenvalue weighted by molar-refractivity contribution is -0.142. The number of nitrogens with one attached hydrogen (secondary N) is 1. The Morgan fingerprint density at radius 3 is 2.57 bits per heavy atom. The number of alkyl halides is 3. The highest BCUT2D eigenvalue weighted by atomic mass is 19.4. The maximum atomic E-state index is 14.4. The van der Waals surface area contributed by atoms with Crippen molar-refractivity contribution in [1.29, 1.82) is 5.26 Å². The van der Waals surface area contributed by atoms with Crippen LogP contribution < -0.4 is 20.6 Å². The fraction of sp³-hybridized carbons (Fsp3) is 0.125. The highest BCUT2D eigenvalue weighted by Gasteiger charge is 2.39. The number of rotatable bonds is 6. The molecule has 2 aromatic carbocycles. The van der Waals surface area contributed by atoms with Gasteiger partial charge in [0.1, 0.15) is 23.4 Å². The third-order valence-corrected chi connectivity index (χ3v) is 5.14. The van der Waals surface area contributed by atoms with Crippen LogP contribution in [0.15, 0.2) is 64.4 Å². The van der Waals surface area contributed by atoms with Gasteiger partial charge in [-0.25, -0.2) is 14.5 Å². The second-order valence-electron chi connectivity index (χ2n) is 7.51. The number of halogens is 4. The van der Waals surface area contributed by atoms with Crippen LogP contribution in [0, 0.1) is 17.1 Å². The molecule has 0 atom stereocenters. The number of ether oxygens (including phenoxy) is 2. The predicted molar refractivity (Wildman–Crippen MR) is 121 cm³/mol. The Balaban J connectivity index is 1.78. The van der Waals surface area contributed by atoms with Crippen LogP contribution in [-0.2, 0) is 12.7 Å². The van der Waals surface area contributed by atoms with E-state index in [9.17, 15) is 32.4 Å². The second-order valence-corrected chi connectivity index (χ2v) is 7.51. The molecule has 2 aromatic heterocycles. The number of methoxy groups -OCH3 is 1. The van der Waals surface area contributed by atoms with E-state index in [-0.39, 0.29) is 33.9 Å². The maximum Gasteiger partial charge on any atom is 0.437 e. The van der Waals surface area contributed by atoms with Gasteiger partial charge in [-0.2, -0.15) is 23.5 Å². The summed E-state index contributed by atoms with van der Waals surface area (Å²) in [5.74, 6) is -1.88. The quantitative estimate of drug-likeness (QED) is 0.388. The van der Waals surface area contributed by atoms with E-state index in [0.29, 0.717) is 6.33 Å². The number of aromatic nitrogens is 4. The van der Waals surface area contributed by atoms with Crippen molar-refractivity contribution in [3.8, 4) is 34.4 Å². The smallest absolute Gasteiger partial charge is 0.437 e. The Morgan fingerprint density at radius 2 is 1.86 bits per heavy atom. The van der Waals surface area contributed by atoms with Gasteiger partial charge in [-0.1, -0.05) is 12.1 Å². The Bertz CT molecular complexity index is 1640. The van der Waals surface area contributed by atoms with Crippen molar-refractivity contribution in [2.45, 2.75) is 12.7 Å². The molecule has 0 unspecified atom stereocenters. The molecule has 4 aromatic rings. The van der Waals surface area contributed by atoms with Crippen LogP contribution in [-0.4, -0.2) is 26.9 Å². The van der Waals surface area contributed by atoms with Crippen LogP contribution >= 0.6 is 0 Å². The highest BCUT2D eigenvalue weighted by Crippen LogP contribution is 2.35. The lowest BCUT2D eigenvalue weighted by Gasteiger charge is -2.15. The van der Waals surface area contributed by atoms with E-state index < -0.39 is 41.1 Å². The number of aromatic amines is 1. The molecule has 9 nitrogen and oxygen atoms in total. The molecule has 37 heavy (non-hydrogen) atoms. The molecule has 0 radical (unpaired) electrons. The largest absolute Gasteiger partial charge is 0.497 e. The zero-order valence-electron chi connectivity index (χ0n) is 18.8. The first-order valence-electron chi connectivity index (χ1n) is 10.4. The number of hydrogen-bond donors (Lipinski definition) is 1. The molecule has 0 bridgehead atoms. The minimum Gasteiger partial charge on any atom is -0.497 e. The van der Waals surface area contributed by atoms with Gasteiger partial charge in [0.25, 0.3) is 11.1 Å². The van der Waals surface area contributed by atoms with Gasteiger partial charge in [-0.15, -0.1) is 0 Å². The van der Waals surface area contributed by atoms with E-state index in [1.807, 2.05) is 0 Å². The number of nitriles is 1. The summed E-state index contributed by atoms with van der Waals surface area (Å²) in [5, 5.41) is 15.2. The standard InChI is InChI=1S/C24H15F4N5O4/c1-36-15-6-7-18(25)16(9-15)17-8-14(31-32-22(17)34)11-33-12-30-21(24(26,27)28)20(23(33)35)37-19-5-3-2-4-13(19)10-29/h2-9,12H,11H2,1H3,(H,32,34). The third-order valence-electron chi connectivity index (χ3n) is 5.14. The van der Waals surface area contributed by atoms with Crippen molar-refractivity contribution in [3.05, 3.63) is 98.3 Å². The molecule has 188 valence electrons. The summed E-state index contributed by atoms with van der Waals surface area (Å²) in [4.78, 5) is 28.7. The molecule has 0 saturated carbocycles. The Kier molecular flexibility index (Phi) is 6.75. The molecular weight excluding hydrogens is 498 g/mol. The van der Waals surface area contributed by atoms with Gasteiger partial charge in [-0.3, -0.25) is 14.2 Å². The molecule has 0 aliphatic carbocycles. The van der Waals surface area contributed by atoms with Crippen molar-refractivity contribution >= 4 is 0 Å². The SMILES string of the molecule is COc1ccc(F)c(-c2cc(Cn3cnc(C(F)(F)F)c(Oc4ccccc4C#N)c3=O)n[nH]c2=O)c1. The number of hydrogen-bond acceptors (Lipinski definition) is 7. The van der Waals surface area contributed by atoms with Crippen LogP contribution in [0.25, 0.3) is 11.1 Å². The molecule has 0 amide bonds. The van der Waals surface area contributed by atoms with Crippen LogP contribution in [0.2, 0.25) is 0 Å². The van der Waals surface area contributed by atoms with Gasteiger partial charge in [0, 0.05) is 5.56 Å². The van der Waals surface area contributed by atoms with Gasteiger partial charge < -0.3 is 9.47 Å². The van der Waals surface area contributed by atoms with Gasteiger partial charge in [0.05, 0.1) is 36.8 Å². The molecule has 1 N–H and O–H groups in total. The summed E-state index contributed by atoms with van der Waals surface area (Å²) < 4.78 is 66.3. The summed E-state index contributed by atoms with van der Waals surface area (Å²) in [6.45, 7) is -0.449. The van der Waals surface area contributed by atoms with Crippen molar-refractivity contribution in [2.24, 2.45) is 0 Å². The van der Waals surface area contributed by atoms with Crippen molar-refractivity contribution in [1.82, 2.24) is 19.7 Å². The minimum absolute atomic E-state index is 0.00357. The van der Waals surface area contributed by atoms with Crippen LogP contribution in [0.1, 0.15) is 17.0 Å². The topological polar surface area (TPSA) is 123 Å². The number of benzene rings is 2. The Morgan fingerprint density at radius 1 is 1.11 bits per heavy atom. The number of para-hydroxylation sites is 1. The van der Waals surface area contributed by atoms with Gasteiger partial charge in [0.2, 0.25) is 5.75 Å². The monoisotopic (exact) mass is 513 g/mol. The lowest BCUT2D eigenvalue weighted by atomic mass is 10.1. The van der Waals surface area contributed by atoms with Crippen molar-refractivity contribution in [3.63, 3.8) is 0 Å². The molecule has 0 saturated heterocycles. The van der Waals surface area contributed by atoms with Crippen LogP contribution in [0.4, 0.5) is 17.6 Å². The molecule has 4 rings (SSSR count). The van der Waals surface area contributed by atoms with Gasteiger partial charge in [0.15, 0.2) is 5.69 Å². The highest BCUT2D eigenvalue weighted by molar-refractivity contribution is 5.65. The maximum absolute atomic E-state index is 14.4. The fourth-order valence-corrected chi connectivity index (χ4v) is 3.38. The van der Waals surface area contributed by atoms with Crippen molar-refractivity contribution in [2.75, 3.05) is 7.11 Å². The molecule has 0 aliphatic rings. The van der Waals surface area contributed by atoms with E-state index in [0.717, 1.165) is 10.6 Å². The summed E-state index contributed by atoms with van der Waals surface area (Å²) in [6.07, 6.45) is -4.39. The predicted octanol–water partition coefficient (Wildman–Crippen LogP) is 3.87. The van der Waals surface area contributed by atoms with E-state index in [1.54, 1.807) is 6.07 Å². The summed E-state index contributed by atoms with van der Waals surface area (Å²) >= 11 is 0. The van der Waals surface area contributed by atoms with E-state index in [1.165, 1.54) is 49.6 Å². The second kappa shape index (κ2) is 9.94. The zero-order valence-corrected chi connectivity index (χ0v) is 18.8. The Labute approximate surface area is 205 Å². The lowest BCUT2D eigenvalue weighted by Crippen LogP contribution is -2.27. The molecule has 0 fully saturated rings. The molecule has 13 heteroatoms. The summed E-state index contributed by atoms with van der Waals surface area (Å²) in [5.41, 5.74) is -3.91. The van der Waals surface area contributed by atoms with E-state index in [4.69, 9.17) is 9.47 Å². The summed E-state index contributed by atoms with van der Waals surface area (Å²) in [7, 11) is 1.36. The molecular formula is C24H15F4N5O4. The Hall–Kier alpha value is -4.99. The number of nitrogens with zero attached hydrogens (tertiary/aromatic N) is 4. The third kappa shape index (κ3) is 5.18. The van der Waals surface area contributed by atoms with E-state index in [2.05, 4.69) is 15.2 Å². The average Bonchev–Trinajstić information content (AvgIpc) is 2.87. The zero-order chi connectivity index (χ0) is 26.7. The fourth-order valence-electron chi connectivity index (χ4n) is 3.38. The number of H-pyrrole nitrogens is 1. The van der Waals surface area contributed by atoms with Crippen LogP contribution in [0.3, 0.4) is 0 Å². The van der Waals surface area contributed by atoms with Gasteiger partial charge >= 0.3 is 6.18 Å². The first-order valence-corrected chi connectivity index (χ1v) is 10.4.